The topological polar surface area (TPSA) is 51.9 Å². The van der Waals surface area contributed by atoms with Crippen LogP contribution in [-0.2, 0) is 4.74 Å². The van der Waals surface area contributed by atoms with Crippen LogP contribution in [0.15, 0.2) is 16.6 Å². The normalized spacial score (nSPS) is 29.1. The number of ether oxygens (including phenoxy) is 1. The zero-order chi connectivity index (χ0) is 11.5. The molecule has 0 amide bonds. The Hall–Kier alpha value is -1.78. The number of nitriles is 1. The molecule has 4 nitrogen and oxygen atoms in total. The standard InChI is InChI=1S/C12H13N3O/c1-3-14-11(7-9(2)8-13)15-6-4-5-10-12(15)16-10/h1,7,10,12H,4-6H2,2H3/b9-7+,14-11?/t10?,12-/m1/s1. The Morgan fingerprint density at radius 3 is 3.19 bits per heavy atom. The number of rotatable bonds is 1. The Bertz CT molecular complexity index is 425. The molecule has 0 saturated carbocycles. The van der Waals surface area contributed by atoms with Crippen LogP contribution in [0, 0.1) is 23.8 Å². The largest absolute Gasteiger partial charge is 0.348 e. The zero-order valence-corrected chi connectivity index (χ0v) is 9.18. The highest BCUT2D eigenvalue weighted by Gasteiger charge is 2.46. The Kier molecular flexibility index (Phi) is 2.94. The van der Waals surface area contributed by atoms with Crippen LogP contribution < -0.4 is 0 Å². The molecular formula is C12H13N3O. The third-order valence-corrected chi connectivity index (χ3v) is 2.75. The van der Waals surface area contributed by atoms with Gasteiger partial charge in [-0.05, 0) is 25.8 Å². The first-order chi connectivity index (χ1) is 7.76. The average molecular weight is 215 g/mol. The summed E-state index contributed by atoms with van der Waals surface area (Å²) < 4.78 is 5.50. The van der Waals surface area contributed by atoms with E-state index in [0.717, 1.165) is 19.4 Å². The molecule has 0 aromatic heterocycles. The zero-order valence-electron chi connectivity index (χ0n) is 9.18. The first-order valence-corrected chi connectivity index (χ1v) is 5.30. The third-order valence-electron chi connectivity index (χ3n) is 2.75. The van der Waals surface area contributed by atoms with E-state index in [2.05, 4.69) is 17.1 Å². The monoisotopic (exact) mass is 215 g/mol. The molecule has 2 heterocycles. The molecule has 2 atom stereocenters. The van der Waals surface area contributed by atoms with Gasteiger partial charge in [-0.3, -0.25) is 0 Å². The maximum absolute atomic E-state index is 8.75. The van der Waals surface area contributed by atoms with Gasteiger partial charge < -0.3 is 9.64 Å². The lowest BCUT2D eigenvalue weighted by atomic mass is 10.1. The van der Waals surface area contributed by atoms with Crippen LogP contribution in [0.5, 0.6) is 0 Å². The molecule has 2 fully saturated rings. The van der Waals surface area contributed by atoms with Gasteiger partial charge in [0.25, 0.3) is 0 Å². The summed E-state index contributed by atoms with van der Waals surface area (Å²) in [5.41, 5.74) is 0.594. The van der Waals surface area contributed by atoms with E-state index in [1.165, 1.54) is 0 Å². The lowest BCUT2D eigenvalue weighted by molar-refractivity contribution is 0.269. The predicted octanol–water partition coefficient (Wildman–Crippen LogP) is 1.27. The molecule has 82 valence electrons. The maximum atomic E-state index is 8.75. The molecule has 0 N–H and O–H groups in total. The molecule has 16 heavy (non-hydrogen) atoms. The van der Waals surface area contributed by atoms with Gasteiger partial charge in [-0.2, -0.15) is 10.3 Å². The van der Waals surface area contributed by atoms with E-state index in [9.17, 15) is 0 Å². The second kappa shape index (κ2) is 4.38. The van der Waals surface area contributed by atoms with Gasteiger partial charge in [0.2, 0.25) is 0 Å². The second-order valence-electron chi connectivity index (χ2n) is 3.94. The average Bonchev–Trinajstić information content (AvgIpc) is 3.06. The summed E-state index contributed by atoms with van der Waals surface area (Å²) in [5.74, 6) is 0.661. The van der Waals surface area contributed by atoms with E-state index in [1.54, 1.807) is 13.0 Å². The maximum Gasteiger partial charge on any atom is 0.158 e. The smallest absolute Gasteiger partial charge is 0.158 e. The van der Waals surface area contributed by atoms with Gasteiger partial charge in [-0.15, -0.1) is 0 Å². The van der Waals surface area contributed by atoms with Gasteiger partial charge in [-0.1, -0.05) is 6.42 Å². The summed E-state index contributed by atoms with van der Waals surface area (Å²) >= 11 is 0. The first kappa shape index (κ1) is 10.7. The van der Waals surface area contributed by atoms with Crippen LogP contribution in [0.1, 0.15) is 19.8 Å². The Labute approximate surface area is 95.2 Å². The van der Waals surface area contributed by atoms with Crippen molar-refractivity contribution in [2.75, 3.05) is 6.54 Å². The quantitative estimate of drug-likeness (QED) is 0.217. The number of fused-ring (bicyclic) bond motifs is 1. The molecule has 0 aromatic carbocycles. The van der Waals surface area contributed by atoms with Crippen LogP contribution in [0.2, 0.25) is 0 Å². The summed E-state index contributed by atoms with van der Waals surface area (Å²) in [6, 6.07) is 4.34. The van der Waals surface area contributed by atoms with Crippen molar-refractivity contribution >= 4 is 5.84 Å². The Morgan fingerprint density at radius 2 is 2.50 bits per heavy atom. The highest BCUT2D eigenvalue weighted by molar-refractivity contribution is 5.95. The van der Waals surface area contributed by atoms with E-state index in [1.807, 2.05) is 4.90 Å². The summed E-state index contributed by atoms with van der Waals surface area (Å²) in [4.78, 5) is 6.01. The van der Waals surface area contributed by atoms with Crippen molar-refractivity contribution in [1.82, 2.24) is 4.90 Å². The number of nitrogens with zero attached hydrogens (tertiary/aromatic N) is 3. The lowest BCUT2D eigenvalue weighted by Gasteiger charge is -2.24. The van der Waals surface area contributed by atoms with Crippen molar-refractivity contribution in [2.45, 2.75) is 32.1 Å². The minimum atomic E-state index is 0.114. The summed E-state index contributed by atoms with van der Waals surface area (Å²) in [6.07, 6.45) is 9.52. The fourth-order valence-corrected chi connectivity index (χ4v) is 1.92. The number of hydrogen-bond donors (Lipinski definition) is 0. The number of allylic oxidation sites excluding steroid dienone is 1. The van der Waals surface area contributed by atoms with E-state index >= 15 is 0 Å². The molecule has 4 heteroatoms. The van der Waals surface area contributed by atoms with E-state index in [-0.39, 0.29) is 6.23 Å². The van der Waals surface area contributed by atoms with Crippen LogP contribution in [0.4, 0.5) is 0 Å². The summed E-state index contributed by atoms with van der Waals surface area (Å²) in [6.45, 7) is 2.62. The molecule has 2 aliphatic heterocycles. The van der Waals surface area contributed by atoms with Gasteiger partial charge in [0.05, 0.1) is 6.07 Å². The van der Waals surface area contributed by atoms with Crippen LogP contribution in [0.25, 0.3) is 0 Å². The van der Waals surface area contributed by atoms with Crippen LogP contribution in [0.3, 0.4) is 0 Å². The SMILES string of the molecule is C#CN=C(/C=C(\C)C#N)N1CCCC2O[C@H]21. The molecular weight excluding hydrogens is 202 g/mol. The van der Waals surface area contributed by atoms with Gasteiger partial charge >= 0.3 is 0 Å². The molecule has 1 unspecified atom stereocenters. The Balaban J connectivity index is 2.18. The van der Waals surface area contributed by atoms with E-state index in [4.69, 9.17) is 16.4 Å². The minimum Gasteiger partial charge on any atom is -0.348 e. The second-order valence-corrected chi connectivity index (χ2v) is 3.94. The highest BCUT2D eigenvalue weighted by Crippen LogP contribution is 2.34. The van der Waals surface area contributed by atoms with Gasteiger partial charge in [0.15, 0.2) is 6.23 Å². The lowest BCUT2D eigenvalue weighted by Crippen LogP contribution is -2.37. The fraction of sp³-hybridized carbons (Fsp3) is 0.500. The van der Waals surface area contributed by atoms with Gasteiger partial charge in [0.1, 0.15) is 11.9 Å². The Morgan fingerprint density at radius 1 is 1.69 bits per heavy atom. The molecule has 0 aromatic rings. The molecule has 0 spiro atoms. The molecule has 2 rings (SSSR count). The molecule has 0 aliphatic carbocycles. The number of likely N-dealkylation sites (tertiary alicyclic amines) is 1. The minimum absolute atomic E-state index is 0.114. The molecule has 2 aliphatic rings. The van der Waals surface area contributed by atoms with Crippen molar-refractivity contribution in [3.63, 3.8) is 0 Å². The van der Waals surface area contributed by atoms with Crippen molar-refractivity contribution in [3.8, 4) is 18.5 Å². The van der Waals surface area contributed by atoms with Crippen molar-refractivity contribution < 1.29 is 4.74 Å². The number of terminal acetylenes is 1. The molecule has 0 radical (unpaired) electrons. The van der Waals surface area contributed by atoms with Crippen molar-refractivity contribution in [1.29, 1.82) is 5.26 Å². The summed E-state index contributed by atoms with van der Waals surface area (Å²) in [7, 11) is 0. The van der Waals surface area contributed by atoms with Crippen LogP contribution in [-0.4, -0.2) is 29.6 Å². The summed E-state index contributed by atoms with van der Waals surface area (Å²) in [5, 5.41) is 8.75. The van der Waals surface area contributed by atoms with E-state index in [0.29, 0.717) is 17.5 Å². The van der Waals surface area contributed by atoms with Crippen LogP contribution >= 0.6 is 0 Å². The number of amidine groups is 1. The number of hydrogen-bond acceptors (Lipinski definition) is 3. The molecule has 2 saturated heterocycles. The van der Waals surface area contributed by atoms with Crippen molar-refractivity contribution in [2.24, 2.45) is 4.99 Å². The highest BCUT2D eigenvalue weighted by atomic mass is 16.6. The van der Waals surface area contributed by atoms with E-state index < -0.39 is 0 Å². The van der Waals surface area contributed by atoms with Crippen molar-refractivity contribution in [3.05, 3.63) is 11.6 Å². The molecule has 0 bridgehead atoms. The fourth-order valence-electron chi connectivity index (χ4n) is 1.92. The van der Waals surface area contributed by atoms with Gasteiger partial charge in [-0.25, -0.2) is 0 Å². The number of piperidine rings is 1. The van der Waals surface area contributed by atoms with Gasteiger partial charge in [0, 0.05) is 18.2 Å². The number of epoxide rings is 1. The third kappa shape index (κ3) is 2.08. The number of aliphatic imine (C=N–C) groups is 1. The predicted molar refractivity (Wildman–Crippen MR) is 60.2 cm³/mol. The first-order valence-electron chi connectivity index (χ1n) is 5.30.